The van der Waals surface area contributed by atoms with E-state index in [1.54, 1.807) is 6.92 Å². The zero-order valence-corrected chi connectivity index (χ0v) is 10.0. The molecule has 0 heterocycles. The number of rotatable bonds is 3. The zero-order chi connectivity index (χ0) is 11.6. The van der Waals surface area contributed by atoms with Crippen LogP contribution in [0.3, 0.4) is 0 Å². The Balaban J connectivity index is 2.64. The van der Waals surface area contributed by atoms with Gasteiger partial charge >= 0.3 is 5.97 Å². The molecule has 0 spiro atoms. The van der Waals surface area contributed by atoms with Crippen molar-refractivity contribution in [3.63, 3.8) is 0 Å². The van der Waals surface area contributed by atoms with Crippen LogP contribution in [0.15, 0.2) is 0 Å². The van der Waals surface area contributed by atoms with Gasteiger partial charge in [0.15, 0.2) is 0 Å². The minimum atomic E-state index is -0.183. The summed E-state index contributed by atoms with van der Waals surface area (Å²) in [5.41, 5.74) is -0.0795. The van der Waals surface area contributed by atoms with Gasteiger partial charge in [0.05, 0.1) is 6.61 Å². The van der Waals surface area contributed by atoms with Gasteiger partial charge in [-0.3, -0.25) is 9.59 Å². The van der Waals surface area contributed by atoms with Crippen LogP contribution in [-0.2, 0) is 14.3 Å². The summed E-state index contributed by atoms with van der Waals surface area (Å²) in [6.07, 6.45) is 0.893. The number of ketones is 1. The van der Waals surface area contributed by atoms with Crippen LogP contribution in [0, 0.1) is 17.3 Å². The van der Waals surface area contributed by atoms with Crippen LogP contribution in [0.2, 0.25) is 0 Å². The summed E-state index contributed by atoms with van der Waals surface area (Å²) in [4.78, 5) is 23.0. The molecule has 0 aromatic carbocycles. The van der Waals surface area contributed by atoms with Crippen molar-refractivity contribution in [2.45, 2.75) is 40.5 Å². The molecule has 0 unspecified atom stereocenters. The van der Waals surface area contributed by atoms with Crippen LogP contribution in [0.4, 0.5) is 0 Å². The molecule has 1 fully saturated rings. The SMILES string of the molecule is CCOC(=O)C[C@@H]1CC(=O)[C@H](C)C1(C)C. The van der Waals surface area contributed by atoms with Crippen molar-refractivity contribution >= 4 is 11.8 Å². The van der Waals surface area contributed by atoms with E-state index in [0.717, 1.165) is 0 Å². The fourth-order valence-electron chi connectivity index (χ4n) is 2.21. The lowest BCUT2D eigenvalue weighted by Crippen LogP contribution is -2.26. The summed E-state index contributed by atoms with van der Waals surface area (Å²) in [7, 11) is 0. The molecule has 15 heavy (non-hydrogen) atoms. The first-order chi connectivity index (χ1) is 6.89. The molecular weight excluding hydrogens is 192 g/mol. The molecule has 0 aromatic rings. The molecule has 0 aliphatic heterocycles. The summed E-state index contributed by atoms with van der Waals surface area (Å²) in [6.45, 7) is 8.29. The molecule has 3 nitrogen and oxygen atoms in total. The lowest BCUT2D eigenvalue weighted by Gasteiger charge is -2.29. The van der Waals surface area contributed by atoms with Gasteiger partial charge in [0.25, 0.3) is 0 Å². The van der Waals surface area contributed by atoms with Gasteiger partial charge in [0.2, 0.25) is 0 Å². The Morgan fingerprint density at radius 3 is 2.53 bits per heavy atom. The summed E-state index contributed by atoms with van der Waals surface area (Å²) in [5.74, 6) is 0.280. The first-order valence-electron chi connectivity index (χ1n) is 5.58. The number of hydrogen-bond acceptors (Lipinski definition) is 3. The Kier molecular flexibility index (Phi) is 3.53. The van der Waals surface area contributed by atoms with Crippen LogP contribution >= 0.6 is 0 Å². The first-order valence-corrected chi connectivity index (χ1v) is 5.58. The van der Waals surface area contributed by atoms with E-state index < -0.39 is 0 Å². The Morgan fingerprint density at radius 2 is 2.13 bits per heavy atom. The fraction of sp³-hybridized carbons (Fsp3) is 0.833. The summed E-state index contributed by atoms with van der Waals surface area (Å²) in [6, 6.07) is 0. The van der Waals surface area contributed by atoms with E-state index in [0.29, 0.717) is 19.4 Å². The number of Topliss-reactive ketones (excluding diaryl/α,β-unsaturated/α-hetero) is 1. The molecular formula is C12H20O3. The van der Waals surface area contributed by atoms with Crippen molar-refractivity contribution in [2.75, 3.05) is 6.61 Å². The monoisotopic (exact) mass is 212 g/mol. The standard InChI is InChI=1S/C12H20O3/c1-5-15-11(14)7-9-6-10(13)8(2)12(9,3)4/h8-9H,5-7H2,1-4H3/t8-,9-/m0/s1. The third kappa shape index (κ3) is 2.39. The van der Waals surface area contributed by atoms with Crippen LogP contribution < -0.4 is 0 Å². The van der Waals surface area contributed by atoms with Gasteiger partial charge in [-0.1, -0.05) is 20.8 Å². The lowest BCUT2D eigenvalue weighted by molar-refractivity contribution is -0.145. The van der Waals surface area contributed by atoms with Gasteiger partial charge in [-0.25, -0.2) is 0 Å². The largest absolute Gasteiger partial charge is 0.466 e. The second kappa shape index (κ2) is 4.33. The average molecular weight is 212 g/mol. The molecule has 1 rings (SSSR count). The molecule has 0 aromatic heterocycles. The maximum Gasteiger partial charge on any atom is 0.306 e. The van der Waals surface area contributed by atoms with Crippen molar-refractivity contribution in [1.82, 2.24) is 0 Å². The molecule has 1 saturated carbocycles. The topological polar surface area (TPSA) is 43.4 Å². The van der Waals surface area contributed by atoms with Gasteiger partial charge < -0.3 is 4.74 Å². The molecule has 1 aliphatic carbocycles. The Morgan fingerprint density at radius 1 is 1.53 bits per heavy atom. The average Bonchev–Trinajstić information content (AvgIpc) is 2.31. The van der Waals surface area contributed by atoms with Gasteiger partial charge in [0, 0.05) is 18.8 Å². The first kappa shape index (κ1) is 12.2. The molecule has 86 valence electrons. The van der Waals surface area contributed by atoms with Crippen molar-refractivity contribution < 1.29 is 14.3 Å². The quantitative estimate of drug-likeness (QED) is 0.673. The zero-order valence-electron chi connectivity index (χ0n) is 10.0. The smallest absolute Gasteiger partial charge is 0.306 e. The van der Waals surface area contributed by atoms with Gasteiger partial charge in [-0.2, -0.15) is 0 Å². The lowest BCUT2D eigenvalue weighted by atomic mass is 9.75. The van der Waals surface area contributed by atoms with E-state index in [4.69, 9.17) is 4.74 Å². The third-order valence-corrected chi connectivity index (χ3v) is 3.82. The maximum absolute atomic E-state index is 11.6. The molecule has 0 saturated heterocycles. The Bertz CT molecular complexity index is 268. The predicted octanol–water partition coefficient (Wildman–Crippen LogP) is 2.19. The van der Waals surface area contributed by atoms with Crippen LogP contribution in [0.1, 0.15) is 40.5 Å². The molecule has 2 atom stereocenters. The number of esters is 1. The number of hydrogen-bond donors (Lipinski definition) is 0. The minimum Gasteiger partial charge on any atom is -0.466 e. The summed E-state index contributed by atoms with van der Waals surface area (Å²) >= 11 is 0. The highest BCUT2D eigenvalue weighted by Gasteiger charge is 2.46. The number of ether oxygens (including phenoxy) is 1. The second-order valence-corrected chi connectivity index (χ2v) is 4.92. The fourth-order valence-corrected chi connectivity index (χ4v) is 2.21. The van der Waals surface area contributed by atoms with Crippen LogP contribution in [0.25, 0.3) is 0 Å². The molecule has 3 heteroatoms. The molecule has 0 amide bonds. The van der Waals surface area contributed by atoms with Crippen molar-refractivity contribution in [1.29, 1.82) is 0 Å². The second-order valence-electron chi connectivity index (χ2n) is 4.92. The van der Waals surface area contributed by atoms with Crippen molar-refractivity contribution in [2.24, 2.45) is 17.3 Å². The Labute approximate surface area is 91.2 Å². The maximum atomic E-state index is 11.6. The highest BCUT2D eigenvalue weighted by molar-refractivity contribution is 5.85. The summed E-state index contributed by atoms with van der Waals surface area (Å²) < 4.78 is 4.92. The highest BCUT2D eigenvalue weighted by atomic mass is 16.5. The van der Waals surface area contributed by atoms with Gasteiger partial charge in [-0.15, -0.1) is 0 Å². The Hall–Kier alpha value is -0.860. The van der Waals surface area contributed by atoms with E-state index in [2.05, 4.69) is 13.8 Å². The molecule has 0 radical (unpaired) electrons. The van der Waals surface area contributed by atoms with Crippen LogP contribution in [-0.4, -0.2) is 18.4 Å². The van der Waals surface area contributed by atoms with Gasteiger partial charge in [-0.05, 0) is 18.3 Å². The molecule has 1 aliphatic rings. The van der Waals surface area contributed by atoms with Gasteiger partial charge in [0.1, 0.15) is 5.78 Å². The van der Waals surface area contributed by atoms with E-state index in [1.165, 1.54) is 0 Å². The van der Waals surface area contributed by atoms with Crippen molar-refractivity contribution in [3.05, 3.63) is 0 Å². The number of carbonyl (C=O) groups is 2. The van der Waals surface area contributed by atoms with Crippen LogP contribution in [0.5, 0.6) is 0 Å². The van der Waals surface area contributed by atoms with E-state index in [1.807, 2.05) is 6.92 Å². The normalized spacial score (nSPS) is 29.2. The summed E-state index contributed by atoms with van der Waals surface area (Å²) in [5, 5.41) is 0. The van der Waals surface area contributed by atoms with E-state index in [9.17, 15) is 9.59 Å². The minimum absolute atomic E-state index is 0.0527. The van der Waals surface area contributed by atoms with E-state index in [-0.39, 0.29) is 29.0 Å². The van der Waals surface area contributed by atoms with E-state index >= 15 is 0 Å². The molecule has 0 N–H and O–H groups in total. The third-order valence-electron chi connectivity index (χ3n) is 3.82. The highest BCUT2D eigenvalue weighted by Crippen LogP contribution is 2.46. The molecule has 0 bridgehead atoms. The number of carbonyl (C=O) groups excluding carboxylic acids is 2. The predicted molar refractivity (Wildman–Crippen MR) is 57.3 cm³/mol. The van der Waals surface area contributed by atoms with Crippen molar-refractivity contribution in [3.8, 4) is 0 Å².